The first kappa shape index (κ1) is 20.1. The third-order valence-corrected chi connectivity index (χ3v) is 5.09. The molecule has 0 spiro atoms. The average molecular weight is 455 g/mol. The molecule has 0 fully saturated rings. The second-order valence-corrected chi connectivity index (χ2v) is 7.69. The maximum atomic E-state index is 8.59. The van der Waals surface area contributed by atoms with Gasteiger partial charge in [-0.2, -0.15) is 10.4 Å². The Morgan fingerprint density at radius 1 is 1.21 bits per heavy atom. The Balaban J connectivity index is 1.61. The molecule has 0 amide bonds. The van der Waals surface area contributed by atoms with Crippen molar-refractivity contribution in [2.24, 2.45) is 5.10 Å². The van der Waals surface area contributed by atoms with E-state index in [-0.39, 0.29) is 0 Å². The number of aromatic nitrogens is 1. The number of anilines is 1. The number of nitrogens with one attached hydrogen (secondary N) is 1. The molecule has 28 heavy (non-hydrogen) atoms. The summed E-state index contributed by atoms with van der Waals surface area (Å²) in [7, 11) is 0. The lowest BCUT2D eigenvalue weighted by atomic mass is 10.2. The van der Waals surface area contributed by atoms with Crippen molar-refractivity contribution in [1.29, 1.82) is 5.26 Å². The van der Waals surface area contributed by atoms with Gasteiger partial charge in [0.05, 0.1) is 24.6 Å². The highest BCUT2D eigenvalue weighted by Crippen LogP contribution is 2.25. The van der Waals surface area contributed by atoms with Crippen molar-refractivity contribution < 1.29 is 4.74 Å². The summed E-state index contributed by atoms with van der Waals surface area (Å²) in [5.74, 6) is 0.759. The molecule has 2 aromatic carbocycles. The van der Waals surface area contributed by atoms with E-state index in [1.165, 1.54) is 11.3 Å². The van der Waals surface area contributed by atoms with Crippen LogP contribution in [0.3, 0.4) is 0 Å². The van der Waals surface area contributed by atoms with E-state index in [0.29, 0.717) is 13.0 Å². The Morgan fingerprint density at radius 3 is 2.89 bits per heavy atom. The number of nitrogens with zero attached hydrogens (tertiary/aromatic N) is 3. The van der Waals surface area contributed by atoms with Gasteiger partial charge in [-0.25, -0.2) is 4.98 Å². The second-order valence-electron chi connectivity index (χ2n) is 5.92. The van der Waals surface area contributed by atoms with E-state index in [1.807, 2.05) is 53.9 Å². The quantitative estimate of drug-likeness (QED) is 0.241. The number of halogens is 1. The van der Waals surface area contributed by atoms with Crippen LogP contribution in [-0.4, -0.2) is 17.8 Å². The number of hydrogen-bond acceptors (Lipinski definition) is 6. The molecule has 0 saturated heterocycles. The molecule has 0 saturated carbocycles. The Kier molecular flexibility index (Phi) is 7.59. The SMILES string of the molecule is N#CCCCCOc1ccc(Br)cc1C=NNc1nc(-c2ccccc2)cs1. The molecular formula is C21H19BrN4OS. The van der Waals surface area contributed by atoms with E-state index in [2.05, 4.69) is 37.5 Å². The lowest BCUT2D eigenvalue weighted by Gasteiger charge is -2.09. The number of benzene rings is 2. The summed E-state index contributed by atoms with van der Waals surface area (Å²) in [6.07, 6.45) is 3.96. The van der Waals surface area contributed by atoms with E-state index in [9.17, 15) is 0 Å². The van der Waals surface area contributed by atoms with Gasteiger partial charge in [-0.3, -0.25) is 5.43 Å². The molecule has 3 aromatic rings. The molecule has 3 rings (SSSR count). The van der Waals surface area contributed by atoms with Crippen LogP contribution in [0.25, 0.3) is 11.3 Å². The third kappa shape index (κ3) is 5.91. The van der Waals surface area contributed by atoms with Gasteiger partial charge in [-0.05, 0) is 31.0 Å². The van der Waals surface area contributed by atoms with Crippen molar-refractivity contribution in [3.8, 4) is 23.1 Å². The van der Waals surface area contributed by atoms with Crippen molar-refractivity contribution in [1.82, 2.24) is 4.98 Å². The summed E-state index contributed by atoms with van der Waals surface area (Å²) in [4.78, 5) is 4.56. The van der Waals surface area contributed by atoms with Crippen molar-refractivity contribution in [2.45, 2.75) is 19.3 Å². The summed E-state index contributed by atoms with van der Waals surface area (Å²) in [5.41, 5.74) is 5.85. The van der Waals surface area contributed by atoms with Crippen LogP contribution in [0, 0.1) is 11.3 Å². The molecule has 0 atom stereocenters. The molecule has 142 valence electrons. The maximum absolute atomic E-state index is 8.59. The zero-order valence-corrected chi connectivity index (χ0v) is 17.5. The molecule has 1 N–H and O–H groups in total. The minimum absolute atomic E-state index is 0.556. The summed E-state index contributed by atoms with van der Waals surface area (Å²) in [6, 6.07) is 18.0. The zero-order valence-electron chi connectivity index (χ0n) is 15.1. The predicted octanol–water partition coefficient (Wildman–Crippen LogP) is 6.09. The summed E-state index contributed by atoms with van der Waals surface area (Å²) < 4.78 is 6.79. The fourth-order valence-corrected chi connectivity index (χ4v) is 3.51. The molecule has 7 heteroatoms. The van der Waals surface area contributed by atoms with Crippen LogP contribution in [-0.2, 0) is 0 Å². The van der Waals surface area contributed by atoms with Crippen LogP contribution in [0.15, 0.2) is 63.5 Å². The zero-order chi connectivity index (χ0) is 19.6. The van der Waals surface area contributed by atoms with Crippen LogP contribution in [0.5, 0.6) is 5.75 Å². The number of rotatable bonds is 9. The van der Waals surface area contributed by atoms with Crippen molar-refractivity contribution >= 4 is 38.6 Å². The molecule has 0 aliphatic rings. The molecule has 0 radical (unpaired) electrons. The Hall–Kier alpha value is -2.69. The first-order chi connectivity index (χ1) is 13.8. The highest BCUT2D eigenvalue weighted by atomic mass is 79.9. The van der Waals surface area contributed by atoms with E-state index in [1.54, 1.807) is 6.21 Å². The summed E-state index contributed by atoms with van der Waals surface area (Å²) in [5, 5.41) is 15.6. The monoisotopic (exact) mass is 454 g/mol. The first-order valence-electron chi connectivity index (χ1n) is 8.85. The molecule has 1 aromatic heterocycles. The molecule has 0 aliphatic carbocycles. The first-order valence-corrected chi connectivity index (χ1v) is 10.5. The van der Waals surface area contributed by atoms with Gasteiger partial charge in [0.25, 0.3) is 0 Å². The minimum atomic E-state index is 0.556. The van der Waals surface area contributed by atoms with E-state index in [0.717, 1.165) is 45.0 Å². The molecule has 0 unspecified atom stereocenters. The minimum Gasteiger partial charge on any atom is -0.493 e. The van der Waals surface area contributed by atoms with Crippen LogP contribution in [0.1, 0.15) is 24.8 Å². The van der Waals surface area contributed by atoms with Crippen molar-refractivity contribution in [2.75, 3.05) is 12.0 Å². The number of nitriles is 1. The van der Waals surface area contributed by atoms with Gasteiger partial charge in [0.1, 0.15) is 5.75 Å². The van der Waals surface area contributed by atoms with Gasteiger partial charge >= 0.3 is 0 Å². The molecule has 0 bridgehead atoms. The smallest absolute Gasteiger partial charge is 0.203 e. The fourth-order valence-electron chi connectivity index (χ4n) is 2.46. The van der Waals surface area contributed by atoms with Crippen molar-refractivity contribution in [3.63, 3.8) is 0 Å². The van der Waals surface area contributed by atoms with E-state index < -0.39 is 0 Å². The average Bonchev–Trinajstić information content (AvgIpc) is 3.19. The Bertz CT molecular complexity index is 966. The van der Waals surface area contributed by atoms with E-state index >= 15 is 0 Å². The van der Waals surface area contributed by atoms with Gasteiger partial charge in [0, 0.05) is 27.4 Å². The second kappa shape index (κ2) is 10.6. The molecular weight excluding hydrogens is 436 g/mol. The Morgan fingerprint density at radius 2 is 2.07 bits per heavy atom. The van der Waals surface area contributed by atoms with Crippen molar-refractivity contribution in [3.05, 3.63) is 63.9 Å². The normalized spacial score (nSPS) is 10.7. The molecule has 1 heterocycles. The lowest BCUT2D eigenvalue weighted by molar-refractivity contribution is 0.307. The van der Waals surface area contributed by atoms with E-state index in [4.69, 9.17) is 10.00 Å². The highest BCUT2D eigenvalue weighted by molar-refractivity contribution is 9.10. The maximum Gasteiger partial charge on any atom is 0.203 e. The Labute approximate surface area is 176 Å². The topological polar surface area (TPSA) is 70.3 Å². The largest absolute Gasteiger partial charge is 0.493 e. The molecule has 5 nitrogen and oxygen atoms in total. The number of unbranched alkanes of at least 4 members (excludes halogenated alkanes) is 2. The number of hydrazone groups is 1. The van der Waals surface area contributed by atoms with Crippen LogP contribution in [0.4, 0.5) is 5.13 Å². The number of hydrogen-bond donors (Lipinski definition) is 1. The van der Waals surface area contributed by atoms with Crippen LogP contribution >= 0.6 is 27.3 Å². The fraction of sp³-hybridized carbons (Fsp3) is 0.190. The number of thiazole rings is 1. The van der Waals surface area contributed by atoms with Crippen LogP contribution < -0.4 is 10.2 Å². The summed E-state index contributed by atoms with van der Waals surface area (Å²) >= 11 is 4.99. The van der Waals surface area contributed by atoms with Gasteiger partial charge in [-0.15, -0.1) is 11.3 Å². The lowest BCUT2D eigenvalue weighted by Crippen LogP contribution is -2.00. The van der Waals surface area contributed by atoms with Gasteiger partial charge in [-0.1, -0.05) is 46.3 Å². The molecule has 0 aliphatic heterocycles. The highest BCUT2D eigenvalue weighted by Gasteiger charge is 2.05. The summed E-state index contributed by atoms with van der Waals surface area (Å²) in [6.45, 7) is 0.574. The predicted molar refractivity (Wildman–Crippen MR) is 118 cm³/mol. The van der Waals surface area contributed by atoms with Gasteiger partial charge in [0.2, 0.25) is 5.13 Å². The third-order valence-electron chi connectivity index (χ3n) is 3.85. The standard InChI is InChI=1S/C21H19BrN4OS/c22-18-9-10-20(27-12-6-2-5-11-23)17(13-18)14-24-26-21-25-19(15-28-21)16-7-3-1-4-8-16/h1,3-4,7-10,13-15H,2,5-6,12H2,(H,25,26). The van der Waals surface area contributed by atoms with Gasteiger partial charge in [0.15, 0.2) is 0 Å². The number of ether oxygens (including phenoxy) is 1. The van der Waals surface area contributed by atoms with Gasteiger partial charge < -0.3 is 4.74 Å². The van der Waals surface area contributed by atoms with Crippen LogP contribution in [0.2, 0.25) is 0 Å².